The van der Waals surface area contributed by atoms with Gasteiger partial charge >= 0.3 is 0 Å². The summed E-state index contributed by atoms with van der Waals surface area (Å²) in [6.45, 7) is 0. The average Bonchev–Trinajstić information content (AvgIpc) is 4.01. The van der Waals surface area contributed by atoms with Gasteiger partial charge in [0.15, 0.2) is 5.58 Å². The lowest BCUT2D eigenvalue weighted by Crippen LogP contribution is -1.94. The average molecular weight is 1010 g/mol. The Morgan fingerprint density at radius 2 is 0.620 bits per heavy atom. The molecule has 4 heterocycles. The number of rotatable bonds is 11. The van der Waals surface area contributed by atoms with Crippen LogP contribution in [-0.2, 0) is 0 Å². The lowest BCUT2D eigenvalue weighted by molar-refractivity contribution is 0.668. The van der Waals surface area contributed by atoms with E-state index in [0.717, 1.165) is 139 Å². The molecule has 4 aromatic heterocycles. The van der Waals surface area contributed by atoms with Crippen LogP contribution in [0.3, 0.4) is 0 Å². The summed E-state index contributed by atoms with van der Waals surface area (Å²) in [5.41, 5.74) is 25.5. The maximum Gasteiger partial charge on any atom is 0.161 e. The van der Waals surface area contributed by atoms with Crippen molar-refractivity contribution in [3.05, 3.63) is 298 Å². The number of fused-ring (bicyclic) bond motifs is 3. The lowest BCUT2D eigenvalue weighted by atomic mass is 9.84. The predicted octanol–water partition coefficient (Wildman–Crippen LogP) is 20.1. The number of para-hydroxylation sites is 1. The third kappa shape index (κ3) is 9.07. The van der Waals surface area contributed by atoms with Crippen molar-refractivity contribution in [1.29, 1.82) is 0 Å². The third-order valence-electron chi connectivity index (χ3n) is 15.1. The minimum absolute atomic E-state index is 0.778. The molecular weight excluding hydrogens is 959 g/mol. The van der Waals surface area contributed by atoms with E-state index in [0.29, 0.717) is 0 Å². The summed E-state index contributed by atoms with van der Waals surface area (Å²) in [4.78, 5) is 14.3. The number of aromatic nitrogens is 3. The zero-order valence-electron chi connectivity index (χ0n) is 43.0. The van der Waals surface area contributed by atoms with Crippen LogP contribution in [0, 0.1) is 0 Å². The fourth-order valence-electron chi connectivity index (χ4n) is 11.2. The standard InChI is InChI=1S/C75H49N3O/c1-2-16-50(17-3-1)51-28-30-54(31-29-51)70-49-57(74-75-69(42-45-78-74)68-24-10-11-27-73(68)79-75)40-41-67(70)66-23-9-8-22-65(66)60-47-58(63-20-6-4-18-61(63)52-32-36-55(37-33-52)71-25-12-14-43-76-71)46-59(48-60)64-21-7-5-19-62(64)53-34-38-56(39-35-53)72-26-13-15-44-77-72/h1-49H. The van der Waals surface area contributed by atoms with Gasteiger partial charge in [0.1, 0.15) is 11.3 Å². The Hall–Kier alpha value is -10.6. The fourth-order valence-corrected chi connectivity index (χ4v) is 11.2. The van der Waals surface area contributed by atoms with E-state index in [1.54, 1.807) is 0 Å². The Labute approximate surface area is 459 Å². The molecule has 0 aliphatic rings. The maximum absolute atomic E-state index is 6.59. The molecule has 0 bridgehead atoms. The zero-order chi connectivity index (χ0) is 52.5. The van der Waals surface area contributed by atoms with E-state index in [9.17, 15) is 0 Å². The first-order valence-electron chi connectivity index (χ1n) is 26.7. The molecule has 0 fully saturated rings. The molecule has 0 atom stereocenters. The van der Waals surface area contributed by atoms with Gasteiger partial charge in [-0.05, 0) is 150 Å². The minimum atomic E-state index is 0.778. The Kier molecular flexibility index (Phi) is 12.2. The highest BCUT2D eigenvalue weighted by Crippen LogP contribution is 2.46. The zero-order valence-corrected chi connectivity index (χ0v) is 43.0. The van der Waals surface area contributed by atoms with E-state index in [-0.39, 0.29) is 0 Å². The molecule has 4 nitrogen and oxygen atoms in total. The van der Waals surface area contributed by atoms with Crippen molar-refractivity contribution in [2.75, 3.05) is 0 Å². The molecule has 0 radical (unpaired) electrons. The van der Waals surface area contributed by atoms with Crippen LogP contribution < -0.4 is 0 Å². The molecule has 0 N–H and O–H groups in total. The first-order valence-corrected chi connectivity index (χ1v) is 26.7. The maximum atomic E-state index is 6.59. The van der Waals surface area contributed by atoms with Crippen molar-refractivity contribution in [2.24, 2.45) is 0 Å². The second-order valence-corrected chi connectivity index (χ2v) is 19.9. The van der Waals surface area contributed by atoms with Crippen molar-refractivity contribution in [3.63, 3.8) is 0 Å². The van der Waals surface area contributed by atoms with Crippen molar-refractivity contribution in [1.82, 2.24) is 15.0 Å². The van der Waals surface area contributed by atoms with Crippen molar-refractivity contribution in [2.45, 2.75) is 0 Å². The van der Waals surface area contributed by atoms with E-state index in [1.807, 2.05) is 55.0 Å². The van der Waals surface area contributed by atoms with Crippen LogP contribution in [0.2, 0.25) is 0 Å². The highest BCUT2D eigenvalue weighted by molar-refractivity contribution is 6.09. The molecule has 0 saturated heterocycles. The van der Waals surface area contributed by atoms with E-state index < -0.39 is 0 Å². The molecule has 0 saturated carbocycles. The Bertz CT molecular complexity index is 4350. The topological polar surface area (TPSA) is 51.8 Å². The van der Waals surface area contributed by atoms with Crippen LogP contribution in [0.15, 0.2) is 302 Å². The normalized spacial score (nSPS) is 11.3. The lowest BCUT2D eigenvalue weighted by Gasteiger charge is -2.19. The summed E-state index contributed by atoms with van der Waals surface area (Å²) >= 11 is 0. The first-order chi connectivity index (χ1) is 39.2. The van der Waals surface area contributed by atoms with Crippen molar-refractivity contribution in [3.8, 4) is 123 Å². The van der Waals surface area contributed by atoms with Gasteiger partial charge in [-0.1, -0.05) is 218 Å². The molecule has 0 aliphatic carbocycles. The van der Waals surface area contributed by atoms with Gasteiger partial charge in [-0.3, -0.25) is 15.0 Å². The van der Waals surface area contributed by atoms with Gasteiger partial charge < -0.3 is 4.42 Å². The van der Waals surface area contributed by atoms with Crippen LogP contribution in [-0.4, -0.2) is 15.0 Å². The second-order valence-electron chi connectivity index (χ2n) is 19.9. The van der Waals surface area contributed by atoms with E-state index in [2.05, 4.69) is 253 Å². The molecule has 14 rings (SSSR count). The summed E-state index contributed by atoms with van der Waals surface area (Å²) in [6.07, 6.45) is 5.58. The van der Waals surface area contributed by atoms with Gasteiger partial charge in [0.25, 0.3) is 0 Å². The molecule has 79 heavy (non-hydrogen) atoms. The first kappa shape index (κ1) is 46.9. The molecule has 0 amide bonds. The van der Waals surface area contributed by atoms with Crippen molar-refractivity contribution < 1.29 is 4.42 Å². The number of hydrogen-bond donors (Lipinski definition) is 0. The molecular formula is C75H49N3O. The van der Waals surface area contributed by atoms with E-state index in [4.69, 9.17) is 9.40 Å². The van der Waals surface area contributed by atoms with Gasteiger partial charge in [-0.15, -0.1) is 0 Å². The Morgan fingerprint density at radius 1 is 0.215 bits per heavy atom. The van der Waals surface area contributed by atoms with Gasteiger partial charge in [0.05, 0.1) is 11.4 Å². The molecule has 0 spiro atoms. The second kappa shape index (κ2) is 20.5. The van der Waals surface area contributed by atoms with Gasteiger partial charge in [-0.25, -0.2) is 0 Å². The summed E-state index contributed by atoms with van der Waals surface area (Å²) in [6, 6.07) is 99.8. The smallest absolute Gasteiger partial charge is 0.161 e. The van der Waals surface area contributed by atoms with Gasteiger partial charge in [0.2, 0.25) is 0 Å². The summed E-state index contributed by atoms with van der Waals surface area (Å²) in [5, 5.41) is 2.12. The number of benzene rings is 10. The number of furan rings is 1. The van der Waals surface area contributed by atoms with Crippen LogP contribution in [0.1, 0.15) is 0 Å². The molecule has 0 aliphatic heterocycles. The van der Waals surface area contributed by atoms with E-state index >= 15 is 0 Å². The SMILES string of the molecule is c1ccc(-c2ccc(-c3cc(-c4nccc5c4oc4ccccc45)ccc3-c3ccccc3-c3cc(-c4ccccc4-c4ccc(-c5ccccn5)cc4)cc(-c4ccccc4-c4ccc(-c5ccccn5)cc4)c3)cc2)cc1. The molecule has 14 aromatic rings. The largest absolute Gasteiger partial charge is 0.454 e. The Morgan fingerprint density at radius 3 is 1.16 bits per heavy atom. The highest BCUT2D eigenvalue weighted by Gasteiger charge is 2.21. The molecule has 370 valence electrons. The number of hydrogen-bond acceptors (Lipinski definition) is 4. The Balaban J connectivity index is 0.953. The summed E-state index contributed by atoms with van der Waals surface area (Å²) in [5.74, 6) is 0. The number of pyridine rings is 3. The molecule has 4 heteroatoms. The van der Waals surface area contributed by atoms with Crippen LogP contribution in [0.25, 0.3) is 145 Å². The monoisotopic (exact) mass is 1010 g/mol. The third-order valence-corrected chi connectivity index (χ3v) is 15.1. The van der Waals surface area contributed by atoms with Crippen molar-refractivity contribution >= 4 is 21.9 Å². The summed E-state index contributed by atoms with van der Waals surface area (Å²) < 4.78 is 6.59. The highest BCUT2D eigenvalue weighted by atomic mass is 16.3. The van der Waals surface area contributed by atoms with Gasteiger partial charge in [0, 0.05) is 46.1 Å². The predicted molar refractivity (Wildman–Crippen MR) is 327 cm³/mol. The fraction of sp³-hybridized carbons (Fsp3) is 0. The molecule has 0 unspecified atom stereocenters. The van der Waals surface area contributed by atoms with Gasteiger partial charge in [-0.2, -0.15) is 0 Å². The minimum Gasteiger partial charge on any atom is -0.454 e. The number of nitrogens with zero attached hydrogens (tertiary/aromatic N) is 3. The van der Waals surface area contributed by atoms with Crippen LogP contribution in [0.5, 0.6) is 0 Å². The van der Waals surface area contributed by atoms with Crippen LogP contribution >= 0.6 is 0 Å². The molecule has 10 aromatic carbocycles. The van der Waals surface area contributed by atoms with E-state index in [1.165, 1.54) is 5.56 Å². The van der Waals surface area contributed by atoms with Crippen LogP contribution in [0.4, 0.5) is 0 Å². The quantitative estimate of drug-likeness (QED) is 0.130. The summed E-state index contributed by atoms with van der Waals surface area (Å²) in [7, 11) is 0.